The number of hydrogen-bond acceptors (Lipinski definition) is 5. The van der Waals surface area contributed by atoms with Gasteiger partial charge in [0, 0.05) is 13.2 Å². The molecule has 1 aliphatic rings. The Morgan fingerprint density at radius 1 is 1.47 bits per heavy atom. The van der Waals surface area contributed by atoms with Crippen LogP contribution in [0.25, 0.3) is 0 Å². The Hall–Kier alpha value is -1.33. The van der Waals surface area contributed by atoms with E-state index in [9.17, 15) is 0 Å². The zero-order valence-corrected chi connectivity index (χ0v) is 9.69. The highest BCUT2D eigenvalue weighted by Gasteiger charge is 2.24. The molecule has 0 spiro atoms. The summed E-state index contributed by atoms with van der Waals surface area (Å²) < 4.78 is 0. The van der Waals surface area contributed by atoms with Gasteiger partial charge >= 0.3 is 0 Å². The van der Waals surface area contributed by atoms with Crippen LogP contribution in [0.4, 0.5) is 11.5 Å². The number of aromatic nitrogens is 1. The number of nitrogens with zero attached hydrogens (tertiary/aromatic N) is 3. The van der Waals surface area contributed by atoms with Crippen molar-refractivity contribution in [1.82, 2.24) is 10.5 Å². The summed E-state index contributed by atoms with van der Waals surface area (Å²) in [7, 11) is 1.92. The van der Waals surface area contributed by atoms with Crippen LogP contribution in [0.15, 0.2) is 18.3 Å². The van der Waals surface area contributed by atoms with E-state index >= 15 is 0 Å². The first-order valence-corrected chi connectivity index (χ1v) is 5.21. The molecule has 0 radical (unpaired) electrons. The van der Waals surface area contributed by atoms with Gasteiger partial charge in [-0.3, -0.25) is 9.85 Å². The fourth-order valence-corrected chi connectivity index (χ4v) is 1.26. The van der Waals surface area contributed by atoms with E-state index in [1.54, 1.807) is 11.4 Å². The summed E-state index contributed by atoms with van der Waals surface area (Å²) in [4.78, 5) is 9.52. The molecule has 5 heteroatoms. The molecule has 1 aliphatic heterocycles. The van der Waals surface area contributed by atoms with Crippen molar-refractivity contribution in [1.29, 1.82) is 0 Å². The molecule has 0 unspecified atom stereocenters. The largest absolute Gasteiger partial charge is 0.288 e. The van der Waals surface area contributed by atoms with Crippen molar-refractivity contribution in [2.45, 2.75) is 20.8 Å². The molecule has 0 saturated heterocycles. The third-order valence-corrected chi connectivity index (χ3v) is 1.82. The molecule has 0 saturated carbocycles. The predicted molar refractivity (Wildman–Crippen MR) is 61.2 cm³/mol. The van der Waals surface area contributed by atoms with Crippen molar-refractivity contribution in [3.8, 4) is 0 Å². The molecule has 1 N–H and O–H groups in total. The molecule has 2 rings (SSSR count). The van der Waals surface area contributed by atoms with E-state index in [4.69, 9.17) is 4.84 Å². The van der Waals surface area contributed by atoms with Crippen molar-refractivity contribution in [2.24, 2.45) is 0 Å². The average Bonchev–Trinajstić information content (AvgIpc) is 2.61. The minimum absolute atomic E-state index is 0.608. The first-order chi connectivity index (χ1) is 7.33. The average molecular weight is 210 g/mol. The molecule has 84 valence electrons. The molecule has 0 fully saturated rings. The van der Waals surface area contributed by atoms with Crippen LogP contribution in [0.1, 0.15) is 20.8 Å². The quantitative estimate of drug-likeness (QED) is 0.805. The predicted octanol–water partition coefficient (Wildman–Crippen LogP) is 1.74. The van der Waals surface area contributed by atoms with E-state index in [0.717, 1.165) is 11.5 Å². The van der Waals surface area contributed by atoms with E-state index in [1.165, 1.54) is 0 Å². The highest BCUT2D eigenvalue weighted by atomic mass is 16.7. The van der Waals surface area contributed by atoms with E-state index < -0.39 is 0 Å². The highest BCUT2D eigenvalue weighted by Crippen LogP contribution is 2.28. The second-order valence-corrected chi connectivity index (χ2v) is 2.72. The summed E-state index contributed by atoms with van der Waals surface area (Å²) in [6, 6.07) is 3.88. The smallest absolute Gasteiger partial charge is 0.197 e. The fraction of sp³-hybridized carbons (Fsp3) is 0.500. The molecule has 0 aromatic carbocycles. The number of pyridine rings is 1. The minimum Gasteiger partial charge on any atom is -0.288 e. The topological polar surface area (TPSA) is 40.6 Å². The Kier molecular flexibility index (Phi) is 4.33. The maximum Gasteiger partial charge on any atom is 0.197 e. The number of rotatable bonds is 2. The molecule has 15 heavy (non-hydrogen) atoms. The molecule has 0 bridgehead atoms. The van der Waals surface area contributed by atoms with E-state index in [2.05, 4.69) is 10.5 Å². The summed E-state index contributed by atoms with van der Waals surface area (Å²) in [6.45, 7) is 6.54. The molecule has 0 amide bonds. The lowest BCUT2D eigenvalue weighted by Crippen LogP contribution is -2.42. The first kappa shape index (κ1) is 11.7. The van der Waals surface area contributed by atoms with Crippen LogP contribution < -0.4 is 15.7 Å². The lowest BCUT2D eigenvalue weighted by atomic mass is 10.4. The standard InChI is InChI=1S/C8H12N4O.C2H6/c1-3-13-12-8-7(11(2)10-12)5-4-6-9-8;1-2/h4-6,10H,3H2,1-2H3;1-2H3. The number of fused-ring (bicyclic) bond motifs is 1. The zero-order valence-electron chi connectivity index (χ0n) is 9.69. The third-order valence-electron chi connectivity index (χ3n) is 1.82. The molecule has 1 aromatic rings. The van der Waals surface area contributed by atoms with Gasteiger partial charge in [-0.05, 0) is 19.1 Å². The van der Waals surface area contributed by atoms with Gasteiger partial charge in [0.1, 0.15) is 0 Å². The van der Waals surface area contributed by atoms with Crippen LogP contribution in [0.2, 0.25) is 0 Å². The molecular formula is C10H18N4O. The van der Waals surface area contributed by atoms with Gasteiger partial charge in [-0.25, -0.2) is 4.98 Å². The van der Waals surface area contributed by atoms with E-state index in [0.29, 0.717) is 6.61 Å². The normalized spacial score (nSPS) is 13.3. The van der Waals surface area contributed by atoms with Gasteiger partial charge in [-0.15, -0.1) is 10.7 Å². The van der Waals surface area contributed by atoms with E-state index in [1.807, 2.05) is 45.0 Å². The van der Waals surface area contributed by atoms with Crippen LogP contribution in [-0.4, -0.2) is 18.6 Å². The summed E-state index contributed by atoms with van der Waals surface area (Å²) in [5, 5.41) is 3.42. The van der Waals surface area contributed by atoms with Crippen molar-refractivity contribution in [2.75, 3.05) is 23.8 Å². The van der Waals surface area contributed by atoms with Crippen molar-refractivity contribution < 1.29 is 4.84 Å². The fourth-order valence-electron chi connectivity index (χ4n) is 1.26. The highest BCUT2D eigenvalue weighted by molar-refractivity contribution is 5.68. The zero-order chi connectivity index (χ0) is 11.3. The second-order valence-electron chi connectivity index (χ2n) is 2.72. The van der Waals surface area contributed by atoms with Gasteiger partial charge in [0.05, 0.1) is 12.3 Å². The number of nitrogens with one attached hydrogen (secondary N) is 1. The second kappa shape index (κ2) is 5.53. The Balaban J connectivity index is 0.000000531. The SMILES string of the molecule is CC.CCON1NN(C)c2cccnc21. The maximum atomic E-state index is 5.32. The monoisotopic (exact) mass is 210 g/mol. The van der Waals surface area contributed by atoms with Crippen molar-refractivity contribution >= 4 is 11.5 Å². The Morgan fingerprint density at radius 2 is 2.20 bits per heavy atom. The van der Waals surface area contributed by atoms with Gasteiger partial charge in [-0.2, -0.15) is 0 Å². The van der Waals surface area contributed by atoms with Gasteiger partial charge in [0.2, 0.25) is 0 Å². The van der Waals surface area contributed by atoms with Crippen LogP contribution in [-0.2, 0) is 4.84 Å². The maximum absolute atomic E-state index is 5.32. The molecule has 5 nitrogen and oxygen atoms in total. The van der Waals surface area contributed by atoms with E-state index in [-0.39, 0.29) is 0 Å². The Bertz CT molecular complexity index is 305. The first-order valence-electron chi connectivity index (χ1n) is 5.21. The summed E-state index contributed by atoms with van der Waals surface area (Å²) in [5.74, 6) is 0.798. The van der Waals surface area contributed by atoms with Crippen LogP contribution in [0.3, 0.4) is 0 Å². The lowest BCUT2D eigenvalue weighted by molar-refractivity contribution is 0.0966. The molecule has 0 atom stereocenters. The Morgan fingerprint density at radius 3 is 2.87 bits per heavy atom. The van der Waals surface area contributed by atoms with Gasteiger partial charge < -0.3 is 0 Å². The lowest BCUT2D eigenvalue weighted by Gasteiger charge is -2.16. The van der Waals surface area contributed by atoms with Crippen molar-refractivity contribution in [3.05, 3.63) is 18.3 Å². The van der Waals surface area contributed by atoms with Crippen LogP contribution in [0, 0.1) is 0 Å². The van der Waals surface area contributed by atoms with Gasteiger partial charge in [0.15, 0.2) is 5.82 Å². The number of anilines is 2. The third kappa shape index (κ3) is 2.37. The van der Waals surface area contributed by atoms with Crippen LogP contribution in [0.5, 0.6) is 0 Å². The van der Waals surface area contributed by atoms with Gasteiger partial charge in [0.25, 0.3) is 0 Å². The van der Waals surface area contributed by atoms with Crippen molar-refractivity contribution in [3.63, 3.8) is 0 Å². The molecular weight excluding hydrogens is 192 g/mol. The molecule has 2 heterocycles. The molecule has 1 aromatic heterocycles. The minimum atomic E-state index is 0.608. The molecule has 0 aliphatic carbocycles. The Labute approximate surface area is 90.6 Å². The summed E-state index contributed by atoms with van der Waals surface area (Å²) in [6.07, 6.45) is 1.74. The number of hydrogen-bond donors (Lipinski definition) is 1. The van der Waals surface area contributed by atoms with Crippen LogP contribution >= 0.6 is 0 Å². The van der Waals surface area contributed by atoms with Gasteiger partial charge in [-0.1, -0.05) is 13.8 Å². The summed E-state index contributed by atoms with van der Waals surface area (Å²) >= 11 is 0. The summed E-state index contributed by atoms with van der Waals surface area (Å²) in [5.41, 5.74) is 4.01. The number of hydrazine groups is 2.